The lowest BCUT2D eigenvalue weighted by molar-refractivity contribution is 0.635. The van der Waals surface area contributed by atoms with Crippen LogP contribution >= 0.6 is 35.6 Å². The van der Waals surface area contributed by atoms with Crippen LogP contribution in [0.3, 0.4) is 0 Å². The highest BCUT2D eigenvalue weighted by Crippen LogP contribution is 2.38. The minimum absolute atomic E-state index is 0.313. The molecule has 0 radical (unpaired) electrons. The number of benzene rings is 1. The number of thiocarbonyl (C=S) groups is 1. The van der Waals surface area contributed by atoms with Crippen LogP contribution in [0.4, 0.5) is 5.69 Å². The molecule has 2 nitrogen and oxygen atoms in total. The standard InChI is InChI=1S/C13H17ClN2S2/c1-13(5-2-6-18-13)8-16-11-4-3-9(14)7-10(11)12(15)17/h3-4,7,16H,2,5-6,8H2,1H3,(H2,15,17). The molecule has 1 unspecified atom stereocenters. The number of halogens is 1. The molecular weight excluding hydrogens is 284 g/mol. The first-order valence-electron chi connectivity index (χ1n) is 5.97. The second-order valence-corrected chi connectivity index (χ2v) is 7.37. The average molecular weight is 301 g/mol. The zero-order valence-corrected chi connectivity index (χ0v) is 12.7. The van der Waals surface area contributed by atoms with Crippen molar-refractivity contribution in [3.63, 3.8) is 0 Å². The lowest BCUT2D eigenvalue weighted by atomic mass is 10.1. The van der Waals surface area contributed by atoms with Gasteiger partial charge in [0, 0.05) is 27.6 Å². The van der Waals surface area contributed by atoms with Crippen molar-refractivity contribution in [3.05, 3.63) is 28.8 Å². The molecule has 0 amide bonds. The van der Waals surface area contributed by atoms with Gasteiger partial charge in [-0.25, -0.2) is 0 Å². The number of hydrogen-bond acceptors (Lipinski definition) is 3. The predicted molar refractivity (Wildman–Crippen MR) is 85.9 cm³/mol. The van der Waals surface area contributed by atoms with Crippen molar-refractivity contribution in [3.8, 4) is 0 Å². The highest BCUT2D eigenvalue weighted by molar-refractivity contribution is 8.00. The monoisotopic (exact) mass is 300 g/mol. The molecule has 98 valence electrons. The van der Waals surface area contributed by atoms with E-state index in [2.05, 4.69) is 12.2 Å². The summed E-state index contributed by atoms with van der Waals surface area (Å²) in [6.07, 6.45) is 2.55. The maximum Gasteiger partial charge on any atom is 0.106 e. The Morgan fingerprint density at radius 3 is 3.00 bits per heavy atom. The predicted octanol–water partition coefficient (Wildman–Crippen LogP) is 3.67. The Balaban J connectivity index is 2.11. The SMILES string of the molecule is CC1(CNc2ccc(Cl)cc2C(N)=S)CCCS1. The quantitative estimate of drug-likeness (QED) is 0.832. The average Bonchev–Trinajstić information content (AvgIpc) is 2.75. The van der Waals surface area contributed by atoms with E-state index in [1.54, 1.807) is 0 Å². The van der Waals surface area contributed by atoms with Gasteiger partial charge in [0.2, 0.25) is 0 Å². The second kappa shape index (κ2) is 5.68. The molecule has 5 heteroatoms. The topological polar surface area (TPSA) is 38.0 Å². The molecule has 2 rings (SSSR count). The lowest BCUT2D eigenvalue weighted by Gasteiger charge is -2.24. The Labute approximate surface area is 123 Å². The highest BCUT2D eigenvalue weighted by atomic mass is 35.5. The zero-order valence-electron chi connectivity index (χ0n) is 10.3. The fourth-order valence-corrected chi connectivity index (χ4v) is 3.72. The Morgan fingerprint density at radius 2 is 2.39 bits per heavy atom. The van der Waals surface area contributed by atoms with Crippen molar-refractivity contribution in [1.82, 2.24) is 0 Å². The summed E-state index contributed by atoms with van der Waals surface area (Å²) in [6.45, 7) is 3.23. The molecule has 1 aliphatic heterocycles. The van der Waals surface area contributed by atoms with Gasteiger partial charge in [-0.3, -0.25) is 0 Å². The largest absolute Gasteiger partial charge is 0.389 e. The Kier molecular flexibility index (Phi) is 4.41. The van der Waals surface area contributed by atoms with Crippen molar-refractivity contribution in [2.45, 2.75) is 24.5 Å². The molecule has 3 N–H and O–H groups in total. The number of nitrogens with one attached hydrogen (secondary N) is 1. The van der Waals surface area contributed by atoms with E-state index in [-0.39, 0.29) is 0 Å². The molecule has 18 heavy (non-hydrogen) atoms. The molecule has 1 aromatic carbocycles. The van der Waals surface area contributed by atoms with Crippen LogP contribution in [0.5, 0.6) is 0 Å². The smallest absolute Gasteiger partial charge is 0.106 e. The molecule has 0 saturated carbocycles. The summed E-state index contributed by atoms with van der Waals surface area (Å²) in [4.78, 5) is 0.379. The summed E-state index contributed by atoms with van der Waals surface area (Å²) in [7, 11) is 0. The molecular formula is C13H17ClN2S2. The van der Waals surface area contributed by atoms with E-state index in [0.29, 0.717) is 14.8 Å². The molecule has 1 aromatic rings. The van der Waals surface area contributed by atoms with Gasteiger partial charge < -0.3 is 11.1 Å². The normalized spacial score (nSPS) is 23.0. The van der Waals surface area contributed by atoms with Gasteiger partial charge in [-0.05, 0) is 43.7 Å². The highest BCUT2D eigenvalue weighted by Gasteiger charge is 2.29. The van der Waals surface area contributed by atoms with Crippen molar-refractivity contribution in [2.24, 2.45) is 5.73 Å². The van der Waals surface area contributed by atoms with Gasteiger partial charge in [-0.15, -0.1) is 0 Å². The molecule has 1 heterocycles. The van der Waals surface area contributed by atoms with Gasteiger partial charge in [0.05, 0.1) is 0 Å². The molecule has 0 aliphatic carbocycles. The van der Waals surface area contributed by atoms with E-state index in [9.17, 15) is 0 Å². The number of rotatable bonds is 4. The van der Waals surface area contributed by atoms with E-state index in [0.717, 1.165) is 17.8 Å². The van der Waals surface area contributed by atoms with Crippen LogP contribution in [0.15, 0.2) is 18.2 Å². The van der Waals surface area contributed by atoms with Gasteiger partial charge in [0.1, 0.15) is 4.99 Å². The van der Waals surface area contributed by atoms with Gasteiger partial charge in [-0.2, -0.15) is 11.8 Å². The van der Waals surface area contributed by atoms with Crippen LogP contribution in [0.1, 0.15) is 25.3 Å². The molecule has 1 aliphatic rings. The van der Waals surface area contributed by atoms with E-state index < -0.39 is 0 Å². The van der Waals surface area contributed by atoms with Crippen molar-refractivity contribution in [2.75, 3.05) is 17.6 Å². The van der Waals surface area contributed by atoms with Gasteiger partial charge in [-0.1, -0.05) is 23.8 Å². The first kappa shape index (κ1) is 14.0. The third-order valence-corrected chi connectivity index (χ3v) is 5.19. The summed E-state index contributed by atoms with van der Waals surface area (Å²) >= 11 is 13.1. The first-order chi connectivity index (χ1) is 8.50. The lowest BCUT2D eigenvalue weighted by Crippen LogP contribution is -2.28. The third-order valence-electron chi connectivity index (χ3n) is 3.20. The van der Waals surface area contributed by atoms with Crippen molar-refractivity contribution >= 4 is 46.3 Å². The van der Waals surface area contributed by atoms with Gasteiger partial charge in [0.25, 0.3) is 0 Å². The third kappa shape index (κ3) is 3.31. The minimum atomic E-state index is 0.313. The van der Waals surface area contributed by atoms with Crippen LogP contribution in [-0.2, 0) is 0 Å². The summed E-state index contributed by atoms with van der Waals surface area (Å²) in [5.74, 6) is 1.25. The van der Waals surface area contributed by atoms with Crippen molar-refractivity contribution < 1.29 is 0 Å². The summed E-state index contributed by atoms with van der Waals surface area (Å²) < 4.78 is 0.313. The van der Waals surface area contributed by atoms with Crippen LogP contribution in [0, 0.1) is 0 Å². The van der Waals surface area contributed by atoms with Gasteiger partial charge in [0.15, 0.2) is 0 Å². The molecule has 0 bridgehead atoms. The van der Waals surface area contributed by atoms with E-state index in [1.807, 2.05) is 30.0 Å². The van der Waals surface area contributed by atoms with Crippen molar-refractivity contribution in [1.29, 1.82) is 0 Å². The number of thioether (sulfide) groups is 1. The molecule has 0 spiro atoms. The minimum Gasteiger partial charge on any atom is -0.389 e. The van der Waals surface area contributed by atoms with Crippen LogP contribution in [0.25, 0.3) is 0 Å². The van der Waals surface area contributed by atoms with Crippen LogP contribution in [-0.4, -0.2) is 22.0 Å². The molecule has 1 atom stereocenters. The maximum absolute atomic E-state index is 5.97. The Bertz CT molecular complexity index is 456. The van der Waals surface area contributed by atoms with Crippen LogP contribution in [0.2, 0.25) is 5.02 Å². The fourth-order valence-electron chi connectivity index (χ4n) is 2.13. The van der Waals surface area contributed by atoms with Crippen LogP contribution < -0.4 is 11.1 Å². The number of hydrogen-bond donors (Lipinski definition) is 2. The van der Waals surface area contributed by atoms with Gasteiger partial charge >= 0.3 is 0 Å². The Morgan fingerprint density at radius 1 is 1.61 bits per heavy atom. The molecule has 1 saturated heterocycles. The molecule has 0 aromatic heterocycles. The van der Waals surface area contributed by atoms with E-state index in [1.165, 1.54) is 18.6 Å². The van der Waals surface area contributed by atoms with E-state index >= 15 is 0 Å². The Hall–Kier alpha value is -0.450. The zero-order chi connectivity index (χ0) is 13.2. The summed E-state index contributed by atoms with van der Waals surface area (Å²) in [5, 5.41) is 4.11. The molecule has 1 fully saturated rings. The summed E-state index contributed by atoms with van der Waals surface area (Å²) in [6, 6.07) is 5.62. The number of anilines is 1. The first-order valence-corrected chi connectivity index (χ1v) is 7.75. The van der Waals surface area contributed by atoms with E-state index in [4.69, 9.17) is 29.6 Å². The maximum atomic E-state index is 5.97. The fraction of sp³-hybridized carbons (Fsp3) is 0.462. The summed E-state index contributed by atoms with van der Waals surface area (Å²) in [5.41, 5.74) is 7.52. The second-order valence-electron chi connectivity index (χ2n) is 4.81. The number of nitrogens with two attached hydrogens (primary N) is 1.